The molecule has 0 radical (unpaired) electrons. The number of benzene rings is 1. The largest absolute Gasteiger partial charge is 0.495 e. The number of ether oxygens (including phenoxy) is 2. The van der Waals surface area contributed by atoms with Crippen LogP contribution in [0.15, 0.2) is 23.1 Å². The van der Waals surface area contributed by atoms with Crippen molar-refractivity contribution in [3.8, 4) is 5.75 Å². The summed E-state index contributed by atoms with van der Waals surface area (Å²) in [6, 6.07) is 4.32. The maximum absolute atomic E-state index is 13.1. The summed E-state index contributed by atoms with van der Waals surface area (Å²) in [5, 5.41) is 0.262. The zero-order valence-corrected chi connectivity index (χ0v) is 18.4. The fourth-order valence-electron chi connectivity index (χ4n) is 3.91. The predicted octanol–water partition coefficient (Wildman–Crippen LogP) is 1.29. The Morgan fingerprint density at radius 2 is 1.93 bits per heavy atom. The summed E-state index contributed by atoms with van der Waals surface area (Å²) in [5.41, 5.74) is 0. The molecule has 0 aliphatic carbocycles. The molecule has 0 spiro atoms. The molecule has 2 aliphatic rings. The number of halogens is 1. The van der Waals surface area contributed by atoms with Crippen molar-refractivity contribution in [2.24, 2.45) is 0 Å². The summed E-state index contributed by atoms with van der Waals surface area (Å²) in [7, 11) is -0.553. The van der Waals surface area contributed by atoms with E-state index < -0.39 is 10.0 Å². The van der Waals surface area contributed by atoms with Crippen molar-refractivity contribution in [2.45, 2.75) is 23.8 Å². The fraction of sp³-hybridized carbons (Fsp3) is 0.632. The summed E-state index contributed by atoms with van der Waals surface area (Å²) >= 11 is 6.11. The first-order valence-electron chi connectivity index (χ1n) is 9.74. The maximum Gasteiger partial charge on any atom is 0.243 e. The summed E-state index contributed by atoms with van der Waals surface area (Å²) in [4.78, 5) is 16.8. The lowest BCUT2D eigenvalue weighted by molar-refractivity contribution is -0.132. The van der Waals surface area contributed by atoms with Crippen LogP contribution in [0.5, 0.6) is 5.75 Å². The third-order valence-electron chi connectivity index (χ3n) is 5.53. The molecule has 0 saturated carbocycles. The smallest absolute Gasteiger partial charge is 0.243 e. The number of carbonyl (C=O) groups is 1. The van der Waals surface area contributed by atoms with Crippen LogP contribution < -0.4 is 4.74 Å². The van der Waals surface area contributed by atoms with Crippen LogP contribution in [0.1, 0.15) is 12.8 Å². The first-order valence-corrected chi connectivity index (χ1v) is 11.6. The van der Waals surface area contributed by atoms with Gasteiger partial charge in [-0.05, 0) is 31.0 Å². The number of amides is 1. The van der Waals surface area contributed by atoms with E-state index in [0.717, 1.165) is 13.0 Å². The molecule has 2 heterocycles. The second-order valence-corrected chi connectivity index (χ2v) is 9.56. The second kappa shape index (κ2) is 9.61. The second-order valence-electron chi connectivity index (χ2n) is 7.21. The van der Waals surface area contributed by atoms with Crippen LogP contribution in [0.3, 0.4) is 0 Å². The molecule has 0 N–H and O–H groups in total. The van der Waals surface area contributed by atoms with Crippen LogP contribution in [0.2, 0.25) is 5.02 Å². The summed E-state index contributed by atoms with van der Waals surface area (Å²) in [6.45, 7) is 3.81. The standard InChI is InChI=1S/C19H28ClN3O5S/c1-27-13-12-22-9-6-17(19(22)24)21-7-3-8-23(11-10-21)29(25,26)15-4-5-18(28-2)16(20)14-15/h4-5,14,17H,3,6-13H2,1-2H3/t17-/m1/s1. The number of hydrogen-bond acceptors (Lipinski definition) is 6. The summed E-state index contributed by atoms with van der Waals surface area (Å²) in [5.74, 6) is 0.547. The normalized spacial score (nSPS) is 22.1. The summed E-state index contributed by atoms with van der Waals surface area (Å²) in [6.07, 6.45) is 1.44. The van der Waals surface area contributed by atoms with E-state index in [0.29, 0.717) is 51.5 Å². The molecule has 10 heteroatoms. The van der Waals surface area contributed by atoms with Crippen molar-refractivity contribution in [1.29, 1.82) is 0 Å². The number of likely N-dealkylation sites (tertiary alicyclic amines) is 1. The minimum absolute atomic E-state index is 0.111. The van der Waals surface area contributed by atoms with Crippen LogP contribution in [0.4, 0.5) is 0 Å². The molecule has 0 unspecified atom stereocenters. The highest BCUT2D eigenvalue weighted by atomic mass is 35.5. The Morgan fingerprint density at radius 3 is 2.62 bits per heavy atom. The summed E-state index contributed by atoms with van der Waals surface area (Å²) < 4.78 is 37.8. The third-order valence-corrected chi connectivity index (χ3v) is 7.72. The Balaban J connectivity index is 1.66. The van der Waals surface area contributed by atoms with E-state index in [1.807, 2.05) is 4.90 Å². The van der Waals surface area contributed by atoms with Gasteiger partial charge in [0.15, 0.2) is 0 Å². The van der Waals surface area contributed by atoms with Gasteiger partial charge in [-0.15, -0.1) is 0 Å². The average molecular weight is 446 g/mol. The first kappa shape index (κ1) is 22.3. The van der Waals surface area contributed by atoms with Crippen LogP contribution in [-0.2, 0) is 19.6 Å². The monoisotopic (exact) mass is 445 g/mol. The topological polar surface area (TPSA) is 79.4 Å². The van der Waals surface area contributed by atoms with E-state index in [4.69, 9.17) is 21.1 Å². The van der Waals surface area contributed by atoms with Crippen LogP contribution in [0.25, 0.3) is 0 Å². The molecule has 3 rings (SSSR count). The molecule has 2 saturated heterocycles. The number of nitrogens with zero attached hydrogens (tertiary/aromatic N) is 3. The number of sulfonamides is 1. The van der Waals surface area contributed by atoms with Gasteiger partial charge in [-0.2, -0.15) is 4.31 Å². The average Bonchev–Trinajstić information content (AvgIpc) is 2.91. The van der Waals surface area contributed by atoms with E-state index in [1.54, 1.807) is 13.2 Å². The zero-order chi connectivity index (χ0) is 21.0. The Morgan fingerprint density at radius 1 is 1.14 bits per heavy atom. The molecule has 2 fully saturated rings. The lowest BCUT2D eigenvalue weighted by atomic mass is 10.2. The highest BCUT2D eigenvalue weighted by Gasteiger charge is 2.37. The fourth-order valence-corrected chi connectivity index (χ4v) is 5.73. The minimum atomic E-state index is -3.66. The molecule has 1 amide bonds. The van der Waals surface area contributed by atoms with Gasteiger partial charge in [0, 0.05) is 46.4 Å². The van der Waals surface area contributed by atoms with Gasteiger partial charge in [-0.1, -0.05) is 11.6 Å². The van der Waals surface area contributed by atoms with E-state index >= 15 is 0 Å². The quantitative estimate of drug-likeness (QED) is 0.629. The molecular weight excluding hydrogens is 418 g/mol. The van der Waals surface area contributed by atoms with E-state index in [9.17, 15) is 13.2 Å². The van der Waals surface area contributed by atoms with Crippen LogP contribution >= 0.6 is 11.6 Å². The van der Waals surface area contributed by atoms with Crippen molar-refractivity contribution in [2.75, 3.05) is 60.1 Å². The molecule has 1 aromatic rings. The number of hydrogen-bond donors (Lipinski definition) is 0. The van der Waals surface area contributed by atoms with E-state index in [1.165, 1.54) is 23.5 Å². The zero-order valence-electron chi connectivity index (χ0n) is 16.8. The molecule has 8 nitrogen and oxygen atoms in total. The first-order chi connectivity index (χ1) is 13.9. The lowest BCUT2D eigenvalue weighted by Crippen LogP contribution is -2.44. The number of carbonyl (C=O) groups excluding carboxylic acids is 1. The van der Waals surface area contributed by atoms with Gasteiger partial charge in [-0.3, -0.25) is 9.69 Å². The van der Waals surface area contributed by atoms with Gasteiger partial charge >= 0.3 is 0 Å². The Kier molecular flexibility index (Phi) is 7.39. The van der Waals surface area contributed by atoms with Crippen LogP contribution in [-0.4, -0.2) is 94.6 Å². The Bertz CT molecular complexity index is 835. The van der Waals surface area contributed by atoms with Crippen molar-refractivity contribution < 1.29 is 22.7 Å². The van der Waals surface area contributed by atoms with Gasteiger partial charge in [0.05, 0.1) is 29.7 Å². The molecule has 1 aromatic carbocycles. The van der Waals surface area contributed by atoms with Gasteiger partial charge in [0.2, 0.25) is 15.9 Å². The number of methoxy groups -OCH3 is 2. The van der Waals surface area contributed by atoms with E-state index in [2.05, 4.69) is 4.90 Å². The highest BCUT2D eigenvalue weighted by molar-refractivity contribution is 7.89. The molecule has 2 aliphatic heterocycles. The predicted molar refractivity (Wildman–Crippen MR) is 110 cm³/mol. The molecular formula is C19H28ClN3O5S. The van der Waals surface area contributed by atoms with Crippen molar-refractivity contribution in [3.63, 3.8) is 0 Å². The SMILES string of the molecule is COCCN1CC[C@@H](N2CCCN(S(=O)(=O)c3ccc(OC)c(Cl)c3)CC2)C1=O. The van der Waals surface area contributed by atoms with Gasteiger partial charge in [-0.25, -0.2) is 8.42 Å². The Labute approximate surface area is 177 Å². The maximum atomic E-state index is 13.1. The molecule has 0 bridgehead atoms. The third kappa shape index (κ3) is 4.86. The van der Waals surface area contributed by atoms with Gasteiger partial charge in [0.1, 0.15) is 5.75 Å². The minimum Gasteiger partial charge on any atom is -0.495 e. The van der Waals surface area contributed by atoms with Crippen LogP contribution in [0, 0.1) is 0 Å². The number of rotatable bonds is 7. The van der Waals surface area contributed by atoms with Crippen molar-refractivity contribution >= 4 is 27.5 Å². The van der Waals surface area contributed by atoms with Gasteiger partial charge in [0.25, 0.3) is 0 Å². The van der Waals surface area contributed by atoms with Gasteiger partial charge < -0.3 is 14.4 Å². The molecule has 1 atom stereocenters. The lowest BCUT2D eigenvalue weighted by Gasteiger charge is -2.26. The molecule has 29 heavy (non-hydrogen) atoms. The molecule has 162 valence electrons. The van der Waals surface area contributed by atoms with Crippen molar-refractivity contribution in [3.05, 3.63) is 23.2 Å². The van der Waals surface area contributed by atoms with Crippen molar-refractivity contribution in [1.82, 2.24) is 14.1 Å². The Hall–Kier alpha value is -1.39. The van der Waals surface area contributed by atoms with E-state index in [-0.39, 0.29) is 21.9 Å². The molecule has 0 aromatic heterocycles. The highest BCUT2D eigenvalue weighted by Crippen LogP contribution is 2.29.